The van der Waals surface area contributed by atoms with Crippen LogP contribution in [0.4, 0.5) is 10.1 Å². The number of nitrogens with zero attached hydrogens (tertiary/aromatic N) is 2. The first-order chi connectivity index (χ1) is 10.1. The van der Waals surface area contributed by atoms with Crippen LogP contribution in [0.15, 0.2) is 18.2 Å². The number of piperidine rings is 1. The van der Waals surface area contributed by atoms with Gasteiger partial charge in [0, 0.05) is 24.6 Å². The maximum absolute atomic E-state index is 14.1. The third-order valence-electron chi connectivity index (χ3n) is 3.96. The molecule has 2 aliphatic rings. The van der Waals surface area contributed by atoms with E-state index >= 15 is 0 Å². The molecule has 0 saturated carbocycles. The van der Waals surface area contributed by atoms with Crippen molar-refractivity contribution in [1.82, 2.24) is 4.90 Å². The number of likely N-dealkylation sites (tertiary alicyclic amines) is 1. The van der Waals surface area contributed by atoms with E-state index in [1.807, 2.05) is 4.90 Å². The first-order valence-electron chi connectivity index (χ1n) is 7.02. The minimum absolute atomic E-state index is 0.321. The highest BCUT2D eigenvalue weighted by Crippen LogP contribution is 2.31. The molecule has 0 bridgehead atoms. The predicted octanol–water partition coefficient (Wildman–Crippen LogP) is 2.07. The van der Waals surface area contributed by atoms with Gasteiger partial charge in [-0.1, -0.05) is 12.1 Å². The third kappa shape index (κ3) is 2.90. The SMILES string of the molecule is O=[N+]([O-])c1cccc(CN2CCCC3(C2)OCCO3)c1F. The van der Waals surface area contributed by atoms with Crippen LogP contribution in [-0.2, 0) is 16.0 Å². The molecular formula is C14H17FN2O4. The molecule has 2 heterocycles. The Labute approximate surface area is 121 Å². The van der Waals surface area contributed by atoms with Crippen molar-refractivity contribution in [1.29, 1.82) is 0 Å². The van der Waals surface area contributed by atoms with Crippen LogP contribution >= 0.6 is 0 Å². The number of halogens is 1. The molecule has 6 nitrogen and oxygen atoms in total. The van der Waals surface area contributed by atoms with E-state index in [1.165, 1.54) is 12.1 Å². The van der Waals surface area contributed by atoms with E-state index in [1.54, 1.807) is 6.07 Å². The average molecular weight is 296 g/mol. The van der Waals surface area contributed by atoms with E-state index in [9.17, 15) is 14.5 Å². The lowest BCUT2D eigenvalue weighted by atomic mass is 10.0. The fourth-order valence-corrected chi connectivity index (χ4v) is 3.01. The highest BCUT2D eigenvalue weighted by molar-refractivity contribution is 5.36. The molecule has 0 atom stereocenters. The Morgan fingerprint density at radius 1 is 1.38 bits per heavy atom. The van der Waals surface area contributed by atoms with Crippen molar-refractivity contribution < 1.29 is 18.8 Å². The molecule has 1 aromatic rings. The fourth-order valence-electron chi connectivity index (χ4n) is 3.01. The lowest BCUT2D eigenvalue weighted by molar-refractivity contribution is -0.387. The van der Waals surface area contributed by atoms with E-state index < -0.39 is 22.2 Å². The molecule has 2 saturated heterocycles. The highest BCUT2D eigenvalue weighted by atomic mass is 19.1. The van der Waals surface area contributed by atoms with Crippen molar-refractivity contribution in [2.24, 2.45) is 0 Å². The molecule has 0 aliphatic carbocycles. The second-order valence-corrected chi connectivity index (χ2v) is 5.43. The lowest BCUT2D eigenvalue weighted by Gasteiger charge is -2.38. The smallest absolute Gasteiger partial charge is 0.305 e. The fraction of sp³-hybridized carbons (Fsp3) is 0.571. The summed E-state index contributed by atoms with van der Waals surface area (Å²) in [6.07, 6.45) is 1.73. The molecule has 21 heavy (non-hydrogen) atoms. The number of benzene rings is 1. The summed E-state index contributed by atoms with van der Waals surface area (Å²) in [7, 11) is 0. The van der Waals surface area contributed by atoms with Crippen LogP contribution in [0.1, 0.15) is 18.4 Å². The molecule has 0 unspecified atom stereocenters. The molecule has 0 N–H and O–H groups in total. The van der Waals surface area contributed by atoms with E-state index in [-0.39, 0.29) is 0 Å². The summed E-state index contributed by atoms with van der Waals surface area (Å²) in [5.74, 6) is -1.33. The molecule has 2 aliphatic heterocycles. The standard InChI is InChI=1S/C14H17FN2O4/c15-13-11(3-1-4-12(13)17(18)19)9-16-6-2-5-14(10-16)20-7-8-21-14/h1,3-4H,2,5-10H2. The molecular weight excluding hydrogens is 279 g/mol. The maximum Gasteiger partial charge on any atom is 0.305 e. The summed E-state index contributed by atoms with van der Waals surface area (Å²) in [6.45, 7) is 2.85. The van der Waals surface area contributed by atoms with Gasteiger partial charge in [-0.15, -0.1) is 0 Å². The van der Waals surface area contributed by atoms with Crippen molar-refractivity contribution in [3.63, 3.8) is 0 Å². The first kappa shape index (κ1) is 14.4. The zero-order valence-electron chi connectivity index (χ0n) is 11.6. The summed E-state index contributed by atoms with van der Waals surface area (Å²) in [4.78, 5) is 12.1. The van der Waals surface area contributed by atoms with Crippen molar-refractivity contribution in [3.8, 4) is 0 Å². The van der Waals surface area contributed by atoms with Crippen molar-refractivity contribution >= 4 is 5.69 Å². The summed E-state index contributed by atoms with van der Waals surface area (Å²) in [6, 6.07) is 4.28. The second kappa shape index (κ2) is 5.67. The average Bonchev–Trinajstić information content (AvgIpc) is 2.89. The molecule has 1 aromatic carbocycles. The molecule has 1 spiro atoms. The Morgan fingerprint density at radius 2 is 2.14 bits per heavy atom. The van der Waals surface area contributed by atoms with Crippen LogP contribution in [0.5, 0.6) is 0 Å². The van der Waals surface area contributed by atoms with Crippen molar-refractivity contribution in [2.75, 3.05) is 26.3 Å². The van der Waals surface area contributed by atoms with Crippen LogP contribution in [0, 0.1) is 15.9 Å². The molecule has 2 fully saturated rings. The van der Waals surface area contributed by atoms with Crippen LogP contribution in [0.2, 0.25) is 0 Å². The second-order valence-electron chi connectivity index (χ2n) is 5.43. The van der Waals surface area contributed by atoms with Gasteiger partial charge in [0.25, 0.3) is 0 Å². The van der Waals surface area contributed by atoms with Gasteiger partial charge in [0.15, 0.2) is 5.79 Å². The van der Waals surface area contributed by atoms with E-state index in [0.717, 1.165) is 19.4 Å². The van der Waals surface area contributed by atoms with Gasteiger partial charge in [-0.3, -0.25) is 15.0 Å². The normalized spacial score (nSPS) is 21.8. The topological polar surface area (TPSA) is 64.8 Å². The Morgan fingerprint density at radius 3 is 2.86 bits per heavy atom. The number of rotatable bonds is 3. The van der Waals surface area contributed by atoms with Gasteiger partial charge >= 0.3 is 5.69 Å². The minimum Gasteiger partial charge on any atom is -0.346 e. The quantitative estimate of drug-likeness (QED) is 0.631. The van der Waals surface area contributed by atoms with Gasteiger partial charge in [0.2, 0.25) is 5.82 Å². The third-order valence-corrected chi connectivity index (χ3v) is 3.96. The summed E-state index contributed by atoms with van der Waals surface area (Å²) in [5.41, 5.74) is -0.146. The zero-order chi connectivity index (χ0) is 14.9. The Hall–Kier alpha value is -1.57. The van der Waals surface area contributed by atoms with Gasteiger partial charge in [-0.05, 0) is 13.0 Å². The minimum atomic E-state index is -0.754. The molecule has 3 rings (SSSR count). The molecule has 114 valence electrons. The number of ether oxygens (including phenoxy) is 2. The van der Waals surface area contributed by atoms with Crippen LogP contribution < -0.4 is 0 Å². The van der Waals surface area contributed by atoms with Crippen molar-refractivity contribution in [3.05, 3.63) is 39.7 Å². The van der Waals surface area contributed by atoms with Gasteiger partial charge in [-0.2, -0.15) is 4.39 Å². The monoisotopic (exact) mass is 296 g/mol. The molecule has 0 radical (unpaired) electrons. The Kier molecular flexibility index (Phi) is 3.88. The van der Waals surface area contributed by atoms with Gasteiger partial charge in [-0.25, -0.2) is 0 Å². The Bertz CT molecular complexity index is 546. The summed E-state index contributed by atoms with van der Waals surface area (Å²) < 4.78 is 25.5. The van der Waals surface area contributed by atoms with Gasteiger partial charge < -0.3 is 9.47 Å². The largest absolute Gasteiger partial charge is 0.346 e. The molecule has 0 aromatic heterocycles. The first-order valence-corrected chi connectivity index (χ1v) is 7.02. The molecule has 7 heteroatoms. The number of nitro benzene ring substituents is 1. The van der Waals surface area contributed by atoms with E-state index in [2.05, 4.69) is 0 Å². The van der Waals surface area contributed by atoms with Gasteiger partial charge in [0.1, 0.15) is 0 Å². The predicted molar refractivity (Wildman–Crippen MR) is 72.2 cm³/mol. The molecule has 0 amide bonds. The maximum atomic E-state index is 14.1. The summed E-state index contributed by atoms with van der Waals surface area (Å²) in [5, 5.41) is 10.8. The lowest BCUT2D eigenvalue weighted by Crippen LogP contribution is -2.48. The van der Waals surface area contributed by atoms with Crippen LogP contribution in [-0.4, -0.2) is 41.9 Å². The van der Waals surface area contributed by atoms with Crippen molar-refractivity contribution in [2.45, 2.75) is 25.2 Å². The summed E-state index contributed by atoms with van der Waals surface area (Å²) >= 11 is 0. The van der Waals surface area contributed by atoms with Gasteiger partial charge in [0.05, 0.1) is 24.7 Å². The van der Waals surface area contributed by atoms with E-state index in [4.69, 9.17) is 9.47 Å². The van der Waals surface area contributed by atoms with Crippen LogP contribution in [0.25, 0.3) is 0 Å². The Balaban J connectivity index is 1.74. The number of nitro groups is 1. The van der Waals surface area contributed by atoms with Crippen LogP contribution in [0.3, 0.4) is 0 Å². The highest BCUT2D eigenvalue weighted by Gasteiger charge is 2.40. The number of hydrogen-bond donors (Lipinski definition) is 0. The zero-order valence-corrected chi connectivity index (χ0v) is 11.6. The van der Waals surface area contributed by atoms with E-state index in [0.29, 0.717) is 31.9 Å². The number of hydrogen-bond acceptors (Lipinski definition) is 5.